The van der Waals surface area contributed by atoms with Crippen molar-refractivity contribution < 1.29 is 14.6 Å². The van der Waals surface area contributed by atoms with Gasteiger partial charge in [0.25, 0.3) is 0 Å². The van der Waals surface area contributed by atoms with E-state index in [1.54, 1.807) is 0 Å². The standard InChI is InChI=1S/C17H28O3/c1-4-10-16(18)15(14-11-8-7-9-12-14)13-17(19-5-2)20-6-3/h7-9,11-12,15-18H,4-6,10,13H2,1-3H3. The van der Waals surface area contributed by atoms with Gasteiger partial charge >= 0.3 is 0 Å². The van der Waals surface area contributed by atoms with Crippen LogP contribution in [0.5, 0.6) is 0 Å². The lowest BCUT2D eigenvalue weighted by molar-refractivity contribution is -0.146. The van der Waals surface area contributed by atoms with Gasteiger partial charge in [0.15, 0.2) is 6.29 Å². The van der Waals surface area contributed by atoms with Crippen molar-refractivity contribution in [2.45, 2.75) is 58.3 Å². The maximum absolute atomic E-state index is 10.4. The maximum Gasteiger partial charge on any atom is 0.158 e. The Balaban J connectivity index is 2.81. The highest BCUT2D eigenvalue weighted by molar-refractivity contribution is 5.20. The van der Waals surface area contributed by atoms with Gasteiger partial charge in [-0.3, -0.25) is 0 Å². The maximum atomic E-state index is 10.4. The van der Waals surface area contributed by atoms with Gasteiger partial charge in [-0.05, 0) is 25.8 Å². The minimum atomic E-state index is -0.356. The van der Waals surface area contributed by atoms with E-state index in [1.807, 2.05) is 32.0 Å². The van der Waals surface area contributed by atoms with E-state index in [0.29, 0.717) is 19.6 Å². The van der Waals surface area contributed by atoms with Crippen LogP contribution in [0.3, 0.4) is 0 Å². The van der Waals surface area contributed by atoms with Crippen molar-refractivity contribution in [3.05, 3.63) is 35.9 Å². The summed E-state index contributed by atoms with van der Waals surface area (Å²) in [6.07, 6.45) is 1.85. The fourth-order valence-corrected chi connectivity index (χ4v) is 2.48. The number of aliphatic hydroxyl groups excluding tert-OH is 1. The van der Waals surface area contributed by atoms with E-state index in [9.17, 15) is 5.11 Å². The van der Waals surface area contributed by atoms with Gasteiger partial charge in [-0.25, -0.2) is 0 Å². The monoisotopic (exact) mass is 280 g/mol. The van der Waals surface area contributed by atoms with Crippen molar-refractivity contribution >= 4 is 0 Å². The molecule has 0 fully saturated rings. The summed E-state index contributed by atoms with van der Waals surface area (Å²) in [5, 5.41) is 10.4. The summed E-state index contributed by atoms with van der Waals surface area (Å²) in [4.78, 5) is 0. The Bertz CT molecular complexity index is 333. The van der Waals surface area contributed by atoms with Gasteiger partial charge in [0.05, 0.1) is 6.10 Å². The molecule has 20 heavy (non-hydrogen) atoms. The van der Waals surface area contributed by atoms with E-state index >= 15 is 0 Å². The number of benzene rings is 1. The van der Waals surface area contributed by atoms with Crippen molar-refractivity contribution in [3.8, 4) is 0 Å². The molecule has 0 saturated heterocycles. The molecule has 0 aromatic heterocycles. The van der Waals surface area contributed by atoms with Crippen LogP contribution in [-0.4, -0.2) is 30.7 Å². The molecule has 1 rings (SSSR count). The van der Waals surface area contributed by atoms with Gasteiger partial charge in [-0.1, -0.05) is 43.7 Å². The van der Waals surface area contributed by atoms with Gasteiger partial charge in [-0.15, -0.1) is 0 Å². The van der Waals surface area contributed by atoms with Crippen LogP contribution in [0.4, 0.5) is 0 Å². The summed E-state index contributed by atoms with van der Waals surface area (Å²) in [6.45, 7) is 7.26. The van der Waals surface area contributed by atoms with Crippen LogP contribution in [0.15, 0.2) is 30.3 Å². The molecule has 3 heteroatoms. The molecule has 0 aliphatic heterocycles. The highest BCUT2D eigenvalue weighted by atomic mass is 16.7. The molecule has 0 radical (unpaired) electrons. The molecule has 0 heterocycles. The smallest absolute Gasteiger partial charge is 0.158 e. The van der Waals surface area contributed by atoms with Crippen molar-refractivity contribution in [3.63, 3.8) is 0 Å². The number of aliphatic hydroxyl groups is 1. The first-order valence-electron chi connectivity index (χ1n) is 7.69. The molecule has 1 aromatic carbocycles. The summed E-state index contributed by atoms with van der Waals surface area (Å²) in [6, 6.07) is 10.2. The Morgan fingerprint density at radius 1 is 1.00 bits per heavy atom. The van der Waals surface area contributed by atoms with E-state index in [-0.39, 0.29) is 18.3 Å². The zero-order valence-electron chi connectivity index (χ0n) is 12.9. The largest absolute Gasteiger partial charge is 0.392 e. The van der Waals surface area contributed by atoms with Crippen LogP contribution in [-0.2, 0) is 9.47 Å². The minimum absolute atomic E-state index is 0.0549. The molecule has 0 bridgehead atoms. The minimum Gasteiger partial charge on any atom is -0.392 e. The Labute approximate surface area is 122 Å². The molecule has 1 aromatic rings. The number of rotatable bonds is 10. The molecule has 0 amide bonds. The van der Waals surface area contributed by atoms with E-state index < -0.39 is 0 Å². The first-order valence-corrected chi connectivity index (χ1v) is 7.69. The quantitative estimate of drug-likeness (QED) is 0.664. The lowest BCUT2D eigenvalue weighted by Crippen LogP contribution is -2.27. The Morgan fingerprint density at radius 3 is 2.10 bits per heavy atom. The number of hydrogen-bond acceptors (Lipinski definition) is 3. The molecular weight excluding hydrogens is 252 g/mol. The molecule has 114 valence electrons. The van der Waals surface area contributed by atoms with Crippen LogP contribution in [0.2, 0.25) is 0 Å². The van der Waals surface area contributed by atoms with Crippen molar-refractivity contribution in [1.29, 1.82) is 0 Å². The predicted octanol–water partition coefficient (Wildman–Crippen LogP) is 3.72. The molecule has 0 aliphatic carbocycles. The van der Waals surface area contributed by atoms with Crippen molar-refractivity contribution in [2.75, 3.05) is 13.2 Å². The summed E-state index contributed by atoms with van der Waals surface area (Å²) >= 11 is 0. The molecule has 2 unspecified atom stereocenters. The zero-order chi connectivity index (χ0) is 14.8. The summed E-state index contributed by atoms with van der Waals surface area (Å²) in [5.41, 5.74) is 1.15. The summed E-state index contributed by atoms with van der Waals surface area (Å²) < 4.78 is 11.3. The number of hydrogen-bond donors (Lipinski definition) is 1. The second kappa shape index (κ2) is 9.92. The topological polar surface area (TPSA) is 38.7 Å². The fraction of sp³-hybridized carbons (Fsp3) is 0.647. The van der Waals surface area contributed by atoms with Gasteiger partial charge in [-0.2, -0.15) is 0 Å². The van der Waals surface area contributed by atoms with Crippen molar-refractivity contribution in [2.24, 2.45) is 0 Å². The number of ether oxygens (including phenoxy) is 2. The van der Waals surface area contributed by atoms with Crippen LogP contribution in [0, 0.1) is 0 Å². The van der Waals surface area contributed by atoms with Crippen molar-refractivity contribution in [1.82, 2.24) is 0 Å². The molecule has 2 atom stereocenters. The summed E-state index contributed by atoms with van der Waals surface area (Å²) in [5.74, 6) is 0.0549. The molecule has 1 N–H and O–H groups in total. The third-order valence-electron chi connectivity index (χ3n) is 3.43. The normalized spacial score (nSPS) is 14.4. The molecule has 0 aliphatic rings. The first kappa shape index (κ1) is 17.2. The van der Waals surface area contributed by atoms with E-state index in [4.69, 9.17) is 9.47 Å². The third kappa shape index (κ3) is 5.61. The van der Waals surface area contributed by atoms with E-state index in [2.05, 4.69) is 19.1 Å². The Kier molecular flexibility index (Phi) is 8.51. The van der Waals surface area contributed by atoms with Crippen LogP contribution in [0.25, 0.3) is 0 Å². The van der Waals surface area contributed by atoms with E-state index in [1.165, 1.54) is 0 Å². The van der Waals surface area contributed by atoms with Gasteiger partial charge in [0.1, 0.15) is 0 Å². The molecular formula is C17H28O3. The first-order chi connectivity index (χ1) is 9.72. The summed E-state index contributed by atoms with van der Waals surface area (Å²) in [7, 11) is 0. The molecule has 0 saturated carbocycles. The van der Waals surface area contributed by atoms with Crippen LogP contribution >= 0.6 is 0 Å². The van der Waals surface area contributed by atoms with Crippen LogP contribution < -0.4 is 0 Å². The van der Waals surface area contributed by atoms with Crippen LogP contribution in [0.1, 0.15) is 51.5 Å². The Hall–Kier alpha value is -0.900. The SMILES string of the molecule is CCCC(O)C(CC(OCC)OCC)c1ccccc1. The average Bonchev–Trinajstić information content (AvgIpc) is 2.46. The van der Waals surface area contributed by atoms with E-state index in [0.717, 1.165) is 18.4 Å². The lowest BCUT2D eigenvalue weighted by atomic mass is 9.88. The highest BCUT2D eigenvalue weighted by Crippen LogP contribution is 2.28. The fourth-order valence-electron chi connectivity index (χ4n) is 2.48. The predicted molar refractivity (Wildman–Crippen MR) is 81.8 cm³/mol. The second-order valence-corrected chi connectivity index (χ2v) is 4.95. The lowest BCUT2D eigenvalue weighted by Gasteiger charge is -2.27. The average molecular weight is 280 g/mol. The zero-order valence-corrected chi connectivity index (χ0v) is 12.9. The second-order valence-electron chi connectivity index (χ2n) is 4.95. The molecule has 0 spiro atoms. The third-order valence-corrected chi connectivity index (χ3v) is 3.43. The Morgan fingerprint density at radius 2 is 1.60 bits per heavy atom. The van der Waals surface area contributed by atoms with Gasteiger partial charge in [0.2, 0.25) is 0 Å². The van der Waals surface area contributed by atoms with Gasteiger partial charge in [0, 0.05) is 25.6 Å². The highest BCUT2D eigenvalue weighted by Gasteiger charge is 2.25. The molecule has 3 nitrogen and oxygen atoms in total. The van der Waals surface area contributed by atoms with Gasteiger partial charge < -0.3 is 14.6 Å².